The molecule has 1 saturated heterocycles. The fraction of sp³-hybridized carbons (Fsp3) is 0.393. The van der Waals surface area contributed by atoms with Crippen LogP contribution in [0.15, 0.2) is 46.6 Å². The number of piperazine rings is 1. The van der Waals surface area contributed by atoms with E-state index in [1.165, 1.54) is 30.0 Å². The number of rotatable bonds is 6. The minimum absolute atomic E-state index is 0.0219. The van der Waals surface area contributed by atoms with E-state index in [4.69, 9.17) is 33.7 Å². The molecule has 40 heavy (non-hydrogen) atoms. The molecule has 1 amide bonds. The molecule has 3 atom stereocenters. The average Bonchev–Trinajstić information content (AvgIpc) is 3.11. The highest BCUT2D eigenvalue weighted by molar-refractivity contribution is 7.99. The molecule has 1 fully saturated rings. The number of thioether (sulfide) groups is 1. The monoisotopic (exact) mass is 605 g/mol. The minimum Gasteiger partial charge on any atom is -0.374 e. The summed E-state index contributed by atoms with van der Waals surface area (Å²) in [5, 5.41) is 1.12. The van der Waals surface area contributed by atoms with Gasteiger partial charge in [-0.3, -0.25) is 9.36 Å². The summed E-state index contributed by atoms with van der Waals surface area (Å²) in [6.07, 6.45) is 1.04. The van der Waals surface area contributed by atoms with Gasteiger partial charge >= 0.3 is 5.69 Å². The molecule has 2 aliphatic rings. The number of nitrogens with zero attached hydrogens (tertiary/aromatic N) is 4. The van der Waals surface area contributed by atoms with Crippen molar-refractivity contribution in [2.45, 2.75) is 43.5 Å². The highest BCUT2D eigenvalue weighted by Gasteiger charge is 2.35. The number of amides is 1. The van der Waals surface area contributed by atoms with Crippen LogP contribution < -0.4 is 16.3 Å². The summed E-state index contributed by atoms with van der Waals surface area (Å²) < 4.78 is 21.6. The van der Waals surface area contributed by atoms with Crippen LogP contribution in [0.25, 0.3) is 22.0 Å². The molecule has 2 aromatic carbocycles. The molecule has 8 nitrogen and oxygen atoms in total. The number of aromatic nitrogens is 2. The van der Waals surface area contributed by atoms with Gasteiger partial charge in [0, 0.05) is 53.3 Å². The molecule has 3 heterocycles. The molecule has 0 spiro atoms. The maximum atomic E-state index is 14.0. The van der Waals surface area contributed by atoms with Crippen molar-refractivity contribution in [2.24, 2.45) is 5.73 Å². The van der Waals surface area contributed by atoms with Gasteiger partial charge in [0.25, 0.3) is 0 Å². The molecule has 1 unspecified atom stereocenters. The molecule has 0 bridgehead atoms. The summed E-state index contributed by atoms with van der Waals surface area (Å²) >= 11 is 14.6. The summed E-state index contributed by atoms with van der Waals surface area (Å²) in [6.45, 7) is 9.53. The van der Waals surface area contributed by atoms with Crippen LogP contribution in [-0.4, -0.2) is 70.5 Å². The van der Waals surface area contributed by atoms with Gasteiger partial charge in [-0.05, 0) is 43.7 Å². The van der Waals surface area contributed by atoms with Gasteiger partial charge in [-0.2, -0.15) is 4.98 Å². The van der Waals surface area contributed by atoms with Crippen molar-refractivity contribution in [1.29, 1.82) is 0 Å². The van der Waals surface area contributed by atoms with Gasteiger partial charge in [0.1, 0.15) is 11.6 Å². The normalized spacial score (nSPS) is 21.0. The molecule has 0 saturated carbocycles. The molecule has 2 N–H and O–H groups in total. The van der Waals surface area contributed by atoms with Gasteiger partial charge in [-0.25, -0.2) is 9.18 Å². The molecule has 12 heteroatoms. The quantitative estimate of drug-likeness (QED) is 0.411. The molecule has 3 aromatic rings. The first-order valence-corrected chi connectivity index (χ1v) is 14.7. The van der Waals surface area contributed by atoms with Crippen LogP contribution >= 0.6 is 35.0 Å². The predicted molar refractivity (Wildman–Crippen MR) is 159 cm³/mol. The van der Waals surface area contributed by atoms with Gasteiger partial charge in [0.15, 0.2) is 0 Å². The van der Waals surface area contributed by atoms with Crippen molar-refractivity contribution in [3.63, 3.8) is 0 Å². The van der Waals surface area contributed by atoms with E-state index in [1.807, 2.05) is 24.8 Å². The van der Waals surface area contributed by atoms with Crippen LogP contribution in [0, 0.1) is 5.82 Å². The van der Waals surface area contributed by atoms with E-state index in [1.54, 1.807) is 15.5 Å². The SMILES string of the molecule is C=CC(=O)N1[C@H](C)CN(c2nc(=O)n3c4c(c(-c5ccc(F)c(Cl)c5)c(Cl)cc24)SCC(OCCN)C3)C[C@@H]1C. The Morgan fingerprint density at radius 3 is 2.60 bits per heavy atom. The number of benzene rings is 2. The van der Waals surface area contributed by atoms with E-state index < -0.39 is 11.5 Å². The van der Waals surface area contributed by atoms with Gasteiger partial charge in [0.2, 0.25) is 5.91 Å². The molecule has 5 rings (SSSR count). The van der Waals surface area contributed by atoms with Crippen molar-refractivity contribution in [1.82, 2.24) is 14.5 Å². The van der Waals surface area contributed by atoms with Crippen molar-refractivity contribution in [3.8, 4) is 11.1 Å². The number of carbonyl (C=O) groups excluding carboxylic acids is 1. The Hall–Kier alpha value is -2.63. The zero-order chi connectivity index (χ0) is 28.7. The average molecular weight is 607 g/mol. The van der Waals surface area contributed by atoms with E-state index in [0.29, 0.717) is 71.4 Å². The van der Waals surface area contributed by atoms with E-state index in [-0.39, 0.29) is 29.1 Å². The lowest BCUT2D eigenvalue weighted by Crippen LogP contribution is -2.58. The summed E-state index contributed by atoms with van der Waals surface area (Å²) in [7, 11) is 0. The second-order valence-corrected chi connectivity index (χ2v) is 11.9. The van der Waals surface area contributed by atoms with Crippen LogP contribution in [0.2, 0.25) is 10.0 Å². The van der Waals surface area contributed by atoms with Crippen LogP contribution in [0.3, 0.4) is 0 Å². The van der Waals surface area contributed by atoms with Gasteiger partial charge < -0.3 is 20.3 Å². The Bertz CT molecular complexity index is 1540. The van der Waals surface area contributed by atoms with Crippen LogP contribution in [-0.2, 0) is 16.1 Å². The first-order valence-electron chi connectivity index (χ1n) is 13.0. The molecular formula is C28H30Cl2FN5O3S. The standard InChI is InChI=1S/C28H30Cl2FN5O3S/c1-4-23(37)36-15(2)11-34(12-16(36)3)27-19-10-21(30)24(17-5-6-22(31)20(29)9-17)26-25(19)35(28(38)33-27)13-18(14-40-26)39-8-7-32/h4-6,9-10,15-16,18H,1,7-8,11-14,32H2,2-3H3/t15-,16+,18?. The van der Waals surface area contributed by atoms with Crippen molar-refractivity contribution in [2.75, 3.05) is 36.9 Å². The Balaban J connectivity index is 1.71. The maximum absolute atomic E-state index is 14.0. The van der Waals surface area contributed by atoms with Crippen LogP contribution in [0.4, 0.5) is 10.2 Å². The smallest absolute Gasteiger partial charge is 0.350 e. The molecular weight excluding hydrogens is 576 g/mol. The number of hydrogen-bond acceptors (Lipinski definition) is 7. The lowest BCUT2D eigenvalue weighted by molar-refractivity contribution is -0.130. The maximum Gasteiger partial charge on any atom is 0.350 e. The summed E-state index contributed by atoms with van der Waals surface area (Å²) in [6, 6.07) is 6.01. The summed E-state index contributed by atoms with van der Waals surface area (Å²) in [5.74, 6) is 0.391. The zero-order valence-electron chi connectivity index (χ0n) is 22.2. The third kappa shape index (κ3) is 5.23. The first-order chi connectivity index (χ1) is 19.1. The molecule has 2 aliphatic heterocycles. The third-order valence-corrected chi connectivity index (χ3v) is 9.09. The van der Waals surface area contributed by atoms with Crippen LogP contribution in [0.1, 0.15) is 13.8 Å². The van der Waals surface area contributed by atoms with E-state index in [9.17, 15) is 14.0 Å². The largest absolute Gasteiger partial charge is 0.374 e. The zero-order valence-corrected chi connectivity index (χ0v) is 24.5. The Kier molecular flexibility index (Phi) is 8.45. The predicted octanol–water partition coefficient (Wildman–Crippen LogP) is 4.57. The fourth-order valence-electron chi connectivity index (χ4n) is 5.64. The molecule has 1 aromatic heterocycles. The van der Waals surface area contributed by atoms with Gasteiger partial charge in [-0.1, -0.05) is 35.8 Å². The third-order valence-electron chi connectivity index (χ3n) is 7.28. The highest BCUT2D eigenvalue weighted by atomic mass is 35.5. The summed E-state index contributed by atoms with van der Waals surface area (Å²) in [4.78, 5) is 35.3. The van der Waals surface area contributed by atoms with E-state index in [0.717, 1.165) is 4.90 Å². The molecule has 212 valence electrons. The Labute approximate surface area is 245 Å². The lowest BCUT2D eigenvalue weighted by Gasteiger charge is -2.44. The number of hydrogen-bond donors (Lipinski definition) is 1. The number of nitrogens with two attached hydrogens (primary N) is 1. The fourth-order valence-corrected chi connectivity index (χ4v) is 7.47. The number of halogens is 3. The second kappa shape index (κ2) is 11.7. The highest BCUT2D eigenvalue weighted by Crippen LogP contribution is 2.46. The topological polar surface area (TPSA) is 93.7 Å². The van der Waals surface area contributed by atoms with Crippen molar-refractivity contribution in [3.05, 3.63) is 63.3 Å². The van der Waals surface area contributed by atoms with Gasteiger partial charge in [-0.15, -0.1) is 11.8 Å². The Morgan fingerprint density at radius 2 is 1.95 bits per heavy atom. The Morgan fingerprint density at radius 1 is 1.23 bits per heavy atom. The minimum atomic E-state index is -0.531. The van der Waals surface area contributed by atoms with Crippen molar-refractivity contribution < 1.29 is 13.9 Å². The first kappa shape index (κ1) is 28.9. The van der Waals surface area contributed by atoms with Crippen LogP contribution in [0.5, 0.6) is 0 Å². The number of ether oxygens (including phenoxy) is 1. The summed E-state index contributed by atoms with van der Waals surface area (Å²) in [5.41, 5.74) is 7.24. The second-order valence-electron chi connectivity index (χ2n) is 10.1. The van der Waals surface area contributed by atoms with E-state index >= 15 is 0 Å². The van der Waals surface area contributed by atoms with Crippen molar-refractivity contribution >= 4 is 57.6 Å². The number of carbonyl (C=O) groups is 1. The van der Waals surface area contributed by atoms with E-state index in [2.05, 4.69) is 11.6 Å². The number of anilines is 1. The molecule has 0 radical (unpaired) electrons. The van der Waals surface area contributed by atoms with Gasteiger partial charge in [0.05, 0.1) is 34.8 Å². The lowest BCUT2D eigenvalue weighted by atomic mass is 10.0. The molecule has 0 aliphatic carbocycles.